The van der Waals surface area contributed by atoms with Crippen molar-refractivity contribution in [1.82, 2.24) is 9.62 Å². The molecule has 19 heavy (non-hydrogen) atoms. The van der Waals surface area contributed by atoms with Crippen LogP contribution in [0.2, 0.25) is 0 Å². The highest BCUT2D eigenvalue weighted by molar-refractivity contribution is 8.00. The molecule has 0 unspecified atom stereocenters. The lowest BCUT2D eigenvalue weighted by molar-refractivity contribution is -0.119. The minimum atomic E-state index is -4.42. The fourth-order valence-corrected chi connectivity index (χ4v) is 3.00. The monoisotopic (exact) mass is 320 g/mol. The lowest BCUT2D eigenvalue weighted by Crippen LogP contribution is -2.46. The van der Waals surface area contributed by atoms with Crippen molar-refractivity contribution in [2.75, 3.05) is 25.1 Å². The molecule has 1 aliphatic rings. The lowest BCUT2D eigenvalue weighted by Gasteiger charge is -2.30. The summed E-state index contributed by atoms with van der Waals surface area (Å²) in [5, 5.41) is 2.48. The Hall–Kier alpha value is -0.480. The molecule has 10 heteroatoms. The Morgan fingerprint density at radius 3 is 2.32 bits per heavy atom. The van der Waals surface area contributed by atoms with E-state index in [4.69, 9.17) is 0 Å². The fraction of sp³-hybridized carbons (Fsp3) is 0.889. The van der Waals surface area contributed by atoms with Gasteiger partial charge in [0.2, 0.25) is 15.9 Å². The molecule has 1 saturated heterocycles. The number of hydrogen-bond donors (Lipinski definition) is 1. The minimum Gasteiger partial charge on any atom is -0.353 e. The number of nitrogens with zero attached hydrogens (tertiary/aromatic N) is 1. The summed E-state index contributed by atoms with van der Waals surface area (Å²) in [6, 6.07) is -0.265. The Balaban J connectivity index is 2.31. The summed E-state index contributed by atoms with van der Waals surface area (Å²) in [4.78, 5) is 11.3. The van der Waals surface area contributed by atoms with Crippen molar-refractivity contribution in [2.45, 2.75) is 24.4 Å². The number of halogens is 3. The Morgan fingerprint density at radius 1 is 1.37 bits per heavy atom. The Bertz CT molecular complexity index is 417. The van der Waals surface area contributed by atoms with Crippen LogP contribution in [-0.2, 0) is 14.8 Å². The predicted molar refractivity (Wildman–Crippen MR) is 66.1 cm³/mol. The molecular formula is C9H15F3N2O3S2. The van der Waals surface area contributed by atoms with Crippen LogP contribution in [0.25, 0.3) is 0 Å². The van der Waals surface area contributed by atoms with E-state index in [9.17, 15) is 26.4 Å². The topological polar surface area (TPSA) is 66.5 Å². The highest BCUT2D eigenvalue weighted by Gasteiger charge is 2.30. The molecule has 0 aliphatic carbocycles. The number of thioether (sulfide) groups is 1. The van der Waals surface area contributed by atoms with Gasteiger partial charge in [-0.1, -0.05) is 0 Å². The summed E-state index contributed by atoms with van der Waals surface area (Å²) in [6.45, 7) is 0.548. The molecule has 0 radical (unpaired) electrons. The molecule has 0 aromatic rings. The van der Waals surface area contributed by atoms with E-state index < -0.39 is 27.2 Å². The Morgan fingerprint density at radius 2 is 1.89 bits per heavy atom. The summed E-state index contributed by atoms with van der Waals surface area (Å²) in [5.41, 5.74) is -4.42. The van der Waals surface area contributed by atoms with Crippen LogP contribution in [0.1, 0.15) is 12.8 Å². The molecule has 5 nitrogen and oxygen atoms in total. The van der Waals surface area contributed by atoms with Crippen LogP contribution in [0, 0.1) is 0 Å². The van der Waals surface area contributed by atoms with Crippen LogP contribution in [-0.4, -0.2) is 55.3 Å². The standard InChI is InChI=1S/C9H15F3N2O3S2/c1-19(16,17)14-4-2-7(3-5-14)13-8(15)6-18-9(10,11)12/h7H,2-6H2,1H3,(H,13,15). The first-order chi connectivity index (χ1) is 8.58. The van der Waals surface area contributed by atoms with E-state index in [-0.39, 0.29) is 30.9 Å². The van der Waals surface area contributed by atoms with Crippen LogP contribution in [0.3, 0.4) is 0 Å². The molecule has 1 fully saturated rings. The molecule has 0 bridgehead atoms. The molecule has 1 aliphatic heterocycles. The van der Waals surface area contributed by atoms with Crippen molar-refractivity contribution in [3.63, 3.8) is 0 Å². The number of rotatable bonds is 4. The van der Waals surface area contributed by atoms with Gasteiger partial charge in [0.05, 0.1) is 12.0 Å². The molecule has 1 rings (SSSR count). The van der Waals surface area contributed by atoms with Crippen molar-refractivity contribution in [1.29, 1.82) is 0 Å². The van der Waals surface area contributed by atoms with Gasteiger partial charge in [-0.15, -0.1) is 0 Å². The van der Waals surface area contributed by atoms with Gasteiger partial charge in [-0.05, 0) is 24.6 Å². The van der Waals surface area contributed by atoms with Crippen LogP contribution < -0.4 is 5.32 Å². The van der Waals surface area contributed by atoms with Crippen molar-refractivity contribution < 1.29 is 26.4 Å². The summed E-state index contributed by atoms with van der Waals surface area (Å²) >= 11 is -0.383. The third-order valence-corrected chi connectivity index (χ3v) is 4.69. The number of carbonyl (C=O) groups excluding carboxylic acids is 1. The van der Waals surface area contributed by atoms with Gasteiger partial charge in [-0.2, -0.15) is 13.2 Å². The highest BCUT2D eigenvalue weighted by atomic mass is 32.2. The summed E-state index contributed by atoms with van der Waals surface area (Å²) in [7, 11) is -3.24. The molecule has 0 spiro atoms. The highest BCUT2D eigenvalue weighted by Crippen LogP contribution is 2.29. The van der Waals surface area contributed by atoms with Crippen molar-refractivity contribution in [2.24, 2.45) is 0 Å². The predicted octanol–water partition coefficient (Wildman–Crippen LogP) is 0.780. The lowest BCUT2D eigenvalue weighted by atomic mass is 10.1. The average molecular weight is 320 g/mol. The number of nitrogens with one attached hydrogen (secondary N) is 1. The number of carbonyl (C=O) groups is 1. The largest absolute Gasteiger partial charge is 0.442 e. The van der Waals surface area contributed by atoms with E-state index in [1.165, 1.54) is 4.31 Å². The smallest absolute Gasteiger partial charge is 0.353 e. The number of alkyl halides is 3. The molecule has 0 aromatic heterocycles. The Labute approximate surface area is 114 Å². The number of piperidine rings is 1. The first-order valence-corrected chi connectivity index (χ1v) is 8.36. The molecule has 1 heterocycles. The maximum atomic E-state index is 11.9. The minimum absolute atomic E-state index is 0.265. The van der Waals surface area contributed by atoms with E-state index >= 15 is 0 Å². The second-order valence-corrected chi connectivity index (χ2v) is 7.26. The van der Waals surface area contributed by atoms with Crippen LogP contribution in [0.15, 0.2) is 0 Å². The van der Waals surface area contributed by atoms with Crippen LogP contribution in [0.4, 0.5) is 13.2 Å². The first kappa shape index (κ1) is 16.6. The second-order valence-electron chi connectivity index (χ2n) is 4.24. The molecular weight excluding hydrogens is 305 g/mol. The molecule has 112 valence electrons. The third kappa shape index (κ3) is 6.48. The summed E-state index contributed by atoms with van der Waals surface area (Å²) in [5.74, 6) is -1.35. The molecule has 0 saturated carbocycles. The SMILES string of the molecule is CS(=O)(=O)N1CCC(NC(=O)CSC(F)(F)F)CC1. The van der Waals surface area contributed by atoms with Crippen LogP contribution in [0.5, 0.6) is 0 Å². The zero-order valence-corrected chi connectivity index (χ0v) is 11.9. The molecule has 1 amide bonds. The Kier molecular flexibility index (Phi) is 5.51. The third-order valence-electron chi connectivity index (χ3n) is 2.65. The van der Waals surface area contributed by atoms with Crippen molar-refractivity contribution in [3.8, 4) is 0 Å². The van der Waals surface area contributed by atoms with Gasteiger partial charge in [0.25, 0.3) is 0 Å². The number of sulfonamides is 1. The van der Waals surface area contributed by atoms with Crippen LogP contribution >= 0.6 is 11.8 Å². The van der Waals surface area contributed by atoms with Crippen molar-refractivity contribution >= 4 is 27.7 Å². The number of amides is 1. The van der Waals surface area contributed by atoms with Gasteiger partial charge in [-0.25, -0.2) is 12.7 Å². The normalized spacial score (nSPS) is 19.4. The second kappa shape index (κ2) is 6.31. The van der Waals surface area contributed by atoms with E-state index in [1.807, 2.05) is 0 Å². The molecule has 1 N–H and O–H groups in total. The van der Waals surface area contributed by atoms with Gasteiger partial charge >= 0.3 is 5.51 Å². The molecule has 0 atom stereocenters. The van der Waals surface area contributed by atoms with Crippen molar-refractivity contribution in [3.05, 3.63) is 0 Å². The average Bonchev–Trinajstić information content (AvgIpc) is 2.25. The quantitative estimate of drug-likeness (QED) is 0.831. The van der Waals surface area contributed by atoms with Gasteiger partial charge in [-0.3, -0.25) is 4.79 Å². The summed E-state index contributed by atoms with van der Waals surface area (Å²) < 4.78 is 59.4. The molecule has 0 aromatic carbocycles. The maximum absolute atomic E-state index is 11.9. The van der Waals surface area contributed by atoms with Gasteiger partial charge in [0.1, 0.15) is 0 Å². The number of hydrogen-bond acceptors (Lipinski definition) is 4. The van der Waals surface area contributed by atoms with E-state index in [0.717, 1.165) is 6.26 Å². The van der Waals surface area contributed by atoms with Gasteiger partial charge < -0.3 is 5.32 Å². The van der Waals surface area contributed by atoms with Gasteiger partial charge in [0, 0.05) is 19.1 Å². The maximum Gasteiger partial charge on any atom is 0.442 e. The van der Waals surface area contributed by atoms with Gasteiger partial charge in [0.15, 0.2) is 0 Å². The van der Waals surface area contributed by atoms with E-state index in [1.54, 1.807) is 0 Å². The zero-order chi connectivity index (χ0) is 14.7. The zero-order valence-electron chi connectivity index (χ0n) is 10.2. The van der Waals surface area contributed by atoms with E-state index in [2.05, 4.69) is 5.32 Å². The fourth-order valence-electron chi connectivity index (χ4n) is 1.75. The van der Waals surface area contributed by atoms with E-state index in [0.29, 0.717) is 12.8 Å². The summed E-state index contributed by atoms with van der Waals surface area (Å²) in [6.07, 6.45) is 1.93. The first-order valence-electron chi connectivity index (χ1n) is 5.53.